The largest absolute Gasteiger partial charge is 0.477 e. The van der Waals surface area contributed by atoms with Gasteiger partial charge in [0.1, 0.15) is 5.69 Å². The summed E-state index contributed by atoms with van der Waals surface area (Å²) >= 11 is 0. The third-order valence-corrected chi connectivity index (χ3v) is 6.99. The fourth-order valence-corrected chi connectivity index (χ4v) is 4.60. The second-order valence-electron chi connectivity index (χ2n) is 10.5. The number of unbranched alkanes of at least 4 members (excludes halogenated alkanes) is 15. The zero-order valence-electron chi connectivity index (χ0n) is 24.9. The van der Waals surface area contributed by atoms with Gasteiger partial charge in [-0.05, 0) is 30.5 Å². The predicted octanol–water partition coefficient (Wildman–Crippen LogP) is 9.80. The first-order valence-corrected chi connectivity index (χ1v) is 15.3. The molecule has 0 amide bonds. The summed E-state index contributed by atoms with van der Waals surface area (Å²) in [5.74, 6) is -2.07. The van der Waals surface area contributed by atoms with Gasteiger partial charge in [0, 0.05) is 50.3 Å². The Bertz CT molecular complexity index is 1100. The number of nitrogens with zero attached hydrogens (tertiary/aromatic N) is 3. The molecule has 1 N–H and O–H groups in total. The third kappa shape index (κ3) is 16.8. The summed E-state index contributed by atoms with van der Waals surface area (Å²) in [6, 6.07) is 9.26. The number of carboxylic acid groups (broad SMARTS) is 1. The minimum atomic E-state index is -0.990. The number of halogens is 2. The Balaban J connectivity index is 0.000000750. The van der Waals surface area contributed by atoms with Crippen LogP contribution in [-0.2, 0) is 26.5 Å². The van der Waals surface area contributed by atoms with Crippen LogP contribution in [0.4, 0.5) is 8.78 Å². The van der Waals surface area contributed by atoms with E-state index in [1.165, 1.54) is 109 Å². The number of aryl methyl sites for hydroxylation is 1. The second kappa shape index (κ2) is 23.9. The molecule has 3 aromatic rings. The molecule has 1 radical (unpaired) electrons. The Kier molecular flexibility index (Phi) is 21.3. The third-order valence-electron chi connectivity index (χ3n) is 6.99. The topological polar surface area (TPSA) is 76.0 Å². The molecule has 0 saturated heterocycles. The van der Waals surface area contributed by atoms with Crippen molar-refractivity contribution >= 4 is 5.97 Å². The maximum Gasteiger partial charge on any atom is 0.354 e. The van der Waals surface area contributed by atoms with E-state index < -0.39 is 17.6 Å². The van der Waals surface area contributed by atoms with Crippen molar-refractivity contribution < 1.29 is 38.8 Å². The minimum absolute atomic E-state index is 0. The van der Waals surface area contributed by atoms with Crippen LogP contribution in [0.3, 0.4) is 0 Å². The quantitative estimate of drug-likeness (QED) is 0.0974. The molecule has 0 saturated carbocycles. The van der Waals surface area contributed by atoms with E-state index in [-0.39, 0.29) is 37.2 Å². The van der Waals surface area contributed by atoms with Crippen molar-refractivity contribution in [3.8, 4) is 11.4 Å². The molecule has 0 spiro atoms. The number of carboxylic acids is 1. The van der Waals surface area contributed by atoms with Gasteiger partial charge in [0.05, 0.1) is 5.82 Å². The number of aromatic carboxylic acids is 1. The maximum atomic E-state index is 13.8. The van der Waals surface area contributed by atoms with E-state index in [9.17, 15) is 13.6 Å². The van der Waals surface area contributed by atoms with Crippen molar-refractivity contribution in [1.29, 1.82) is 0 Å². The number of pyridine rings is 1. The molecule has 2 aromatic heterocycles. The van der Waals surface area contributed by atoms with Gasteiger partial charge in [0.15, 0.2) is 0 Å². The molecule has 0 aliphatic heterocycles. The standard InChI is InChI=1S/C28H41F2N2.C6H5NO2.Ir/c1-2-3-4-5-6-7-8-9-10-11-12-13-14-15-16-17-18-24-22-31-28(32-23-24)26-20-19-25(29)21-27(26)30;8-6(9)5-3-1-2-4-7-5;/h19,21-23H,2-18H2,1H3;1-4H,(H,8,9);/q-1;;. The number of aromatic nitrogens is 3. The smallest absolute Gasteiger partial charge is 0.354 e. The van der Waals surface area contributed by atoms with Crippen LogP contribution in [0.25, 0.3) is 11.4 Å². The van der Waals surface area contributed by atoms with Crippen molar-refractivity contribution in [2.45, 2.75) is 116 Å². The predicted molar refractivity (Wildman–Crippen MR) is 161 cm³/mol. The van der Waals surface area contributed by atoms with Crippen LogP contribution in [0.2, 0.25) is 0 Å². The molecule has 1 aromatic carbocycles. The molecule has 0 atom stereocenters. The Morgan fingerprint density at radius 3 is 1.74 bits per heavy atom. The minimum Gasteiger partial charge on any atom is -0.477 e. The van der Waals surface area contributed by atoms with Gasteiger partial charge in [0.25, 0.3) is 0 Å². The van der Waals surface area contributed by atoms with Gasteiger partial charge in [-0.15, -0.1) is 12.1 Å². The molecule has 0 unspecified atom stereocenters. The fraction of sp³-hybridized carbons (Fsp3) is 0.529. The van der Waals surface area contributed by atoms with E-state index >= 15 is 0 Å². The zero-order chi connectivity index (χ0) is 29.5. The number of hydrogen-bond acceptors (Lipinski definition) is 4. The normalized spacial score (nSPS) is 10.5. The van der Waals surface area contributed by atoms with E-state index in [0.717, 1.165) is 30.5 Å². The van der Waals surface area contributed by atoms with Crippen molar-refractivity contribution in [1.82, 2.24) is 15.0 Å². The molecule has 5 nitrogen and oxygen atoms in total. The summed E-state index contributed by atoms with van der Waals surface area (Å²) in [5, 5.41) is 8.32. The summed E-state index contributed by atoms with van der Waals surface area (Å²) in [7, 11) is 0. The first-order chi connectivity index (χ1) is 20.0. The summed E-state index contributed by atoms with van der Waals surface area (Å²) in [6.07, 6.45) is 27.7. The summed E-state index contributed by atoms with van der Waals surface area (Å²) in [5.41, 5.74) is 1.25. The molecule has 0 aliphatic carbocycles. The van der Waals surface area contributed by atoms with Crippen LogP contribution in [0.1, 0.15) is 126 Å². The van der Waals surface area contributed by atoms with Crippen molar-refractivity contribution in [2.24, 2.45) is 0 Å². The first-order valence-electron chi connectivity index (χ1n) is 15.3. The van der Waals surface area contributed by atoms with Crippen LogP contribution in [0.15, 0.2) is 48.9 Å². The molecular formula is C34H46F2IrN3O2-. The van der Waals surface area contributed by atoms with Crippen LogP contribution in [-0.4, -0.2) is 26.0 Å². The molecule has 0 aliphatic rings. The van der Waals surface area contributed by atoms with Crippen molar-refractivity contribution in [3.63, 3.8) is 0 Å². The van der Waals surface area contributed by atoms with Crippen molar-refractivity contribution in [3.05, 3.63) is 77.9 Å². The van der Waals surface area contributed by atoms with E-state index in [1.54, 1.807) is 24.5 Å². The van der Waals surface area contributed by atoms with Crippen molar-refractivity contribution in [2.75, 3.05) is 0 Å². The zero-order valence-corrected chi connectivity index (χ0v) is 27.3. The Morgan fingerprint density at radius 2 is 1.31 bits per heavy atom. The van der Waals surface area contributed by atoms with Crippen LogP contribution in [0.5, 0.6) is 0 Å². The molecule has 2 heterocycles. The molecule has 3 rings (SSSR count). The van der Waals surface area contributed by atoms with E-state index in [2.05, 4.69) is 27.9 Å². The molecule has 0 bridgehead atoms. The van der Waals surface area contributed by atoms with E-state index in [1.807, 2.05) is 0 Å². The SMILES string of the molecule is CCCCCCCCCCCCCCCCCCc1cnc(-c2[c-]cc(F)cc2F)nc1.O=C(O)c1ccccn1.[Ir]. The van der Waals surface area contributed by atoms with Gasteiger partial charge in [0.2, 0.25) is 0 Å². The summed E-state index contributed by atoms with van der Waals surface area (Å²) in [4.78, 5) is 22.2. The van der Waals surface area contributed by atoms with Crippen LogP contribution in [0, 0.1) is 17.7 Å². The Labute approximate surface area is 264 Å². The molecule has 42 heavy (non-hydrogen) atoms. The number of hydrogen-bond donors (Lipinski definition) is 1. The molecule has 8 heteroatoms. The molecule has 0 fully saturated rings. The average molecular weight is 759 g/mol. The Hall–Kier alpha value is -2.57. The molecular weight excluding hydrogens is 713 g/mol. The first kappa shape index (κ1) is 37.5. The number of rotatable bonds is 19. The Morgan fingerprint density at radius 1 is 0.786 bits per heavy atom. The summed E-state index contributed by atoms with van der Waals surface area (Å²) in [6.45, 7) is 2.28. The molecule has 233 valence electrons. The number of carbonyl (C=O) groups is 1. The van der Waals surface area contributed by atoms with Crippen LogP contribution >= 0.6 is 0 Å². The second-order valence-corrected chi connectivity index (χ2v) is 10.5. The average Bonchev–Trinajstić information content (AvgIpc) is 2.98. The number of benzene rings is 1. The van der Waals surface area contributed by atoms with E-state index in [4.69, 9.17) is 5.11 Å². The van der Waals surface area contributed by atoms with Gasteiger partial charge in [-0.3, -0.25) is 18.7 Å². The van der Waals surface area contributed by atoms with E-state index in [0.29, 0.717) is 0 Å². The van der Waals surface area contributed by atoms with Gasteiger partial charge in [-0.2, -0.15) is 0 Å². The monoisotopic (exact) mass is 759 g/mol. The van der Waals surface area contributed by atoms with Crippen LogP contribution < -0.4 is 0 Å². The van der Waals surface area contributed by atoms with Gasteiger partial charge in [-0.1, -0.05) is 121 Å². The van der Waals surface area contributed by atoms with Gasteiger partial charge >= 0.3 is 5.97 Å². The van der Waals surface area contributed by atoms with Gasteiger partial charge < -0.3 is 5.11 Å². The fourth-order valence-electron chi connectivity index (χ4n) is 4.60. The maximum absolute atomic E-state index is 13.8. The summed E-state index contributed by atoms with van der Waals surface area (Å²) < 4.78 is 26.8. The van der Waals surface area contributed by atoms with Gasteiger partial charge in [-0.25, -0.2) is 9.78 Å².